The number of pyridine rings is 1. The quantitative estimate of drug-likeness (QED) is 0.741. The maximum atomic E-state index is 12.5. The van der Waals surface area contributed by atoms with Crippen LogP contribution < -0.4 is 19.7 Å². The highest BCUT2D eigenvalue weighted by Crippen LogP contribution is 2.28. The Morgan fingerprint density at radius 3 is 2.83 bits per heavy atom. The molecule has 2 amide bonds. The lowest BCUT2D eigenvalue weighted by atomic mass is 10.1. The summed E-state index contributed by atoms with van der Waals surface area (Å²) < 4.78 is 47.0. The van der Waals surface area contributed by atoms with Gasteiger partial charge in [0.05, 0.1) is 13.0 Å². The van der Waals surface area contributed by atoms with Crippen molar-refractivity contribution in [1.29, 1.82) is 0 Å². The smallest absolute Gasteiger partial charge is 0.422 e. The Balaban J connectivity index is 1.60. The molecule has 30 heavy (non-hydrogen) atoms. The topological polar surface area (TPSA) is 80.8 Å². The number of hydrogen-bond acceptors (Lipinski definition) is 5. The average molecular weight is 423 g/mol. The maximum absolute atomic E-state index is 12.5. The molecule has 0 aliphatic carbocycles. The molecule has 0 bridgehead atoms. The van der Waals surface area contributed by atoms with Crippen LogP contribution in [0.5, 0.6) is 11.6 Å². The second-order valence-electron chi connectivity index (χ2n) is 6.70. The van der Waals surface area contributed by atoms with Gasteiger partial charge in [-0.05, 0) is 18.2 Å². The largest absolute Gasteiger partial charge is 0.497 e. The first-order valence-corrected chi connectivity index (χ1v) is 9.12. The van der Waals surface area contributed by atoms with Crippen molar-refractivity contribution < 1.29 is 32.2 Å². The lowest BCUT2D eigenvalue weighted by molar-refractivity contribution is -0.154. The van der Waals surface area contributed by atoms with Gasteiger partial charge in [0.15, 0.2) is 6.61 Å². The standard InChI is InChI=1S/C20H20F3N3O4/c1-29-16-6-2-5-15(9-16)26-11-14(8-17(26)27)18(28)25-10-13-4-3-7-24-19(13)30-12-20(21,22)23/h2-7,9,14H,8,10-12H2,1H3,(H,25,28). The van der Waals surface area contributed by atoms with Crippen LogP contribution in [0.3, 0.4) is 0 Å². The predicted molar refractivity (Wildman–Crippen MR) is 101 cm³/mol. The van der Waals surface area contributed by atoms with Crippen LogP contribution in [0, 0.1) is 5.92 Å². The number of nitrogens with zero attached hydrogens (tertiary/aromatic N) is 2. The number of aromatic nitrogens is 1. The van der Waals surface area contributed by atoms with Crippen molar-refractivity contribution in [3.05, 3.63) is 48.2 Å². The number of alkyl halides is 3. The molecule has 1 saturated heterocycles. The molecular formula is C20H20F3N3O4. The molecule has 2 aromatic rings. The Hall–Kier alpha value is -3.30. The Kier molecular flexibility index (Phi) is 6.43. The fourth-order valence-corrected chi connectivity index (χ4v) is 3.08. The molecule has 7 nitrogen and oxygen atoms in total. The second-order valence-corrected chi connectivity index (χ2v) is 6.70. The van der Waals surface area contributed by atoms with Gasteiger partial charge in [-0.3, -0.25) is 9.59 Å². The molecule has 1 atom stereocenters. The van der Waals surface area contributed by atoms with E-state index in [0.29, 0.717) is 17.0 Å². The first-order chi connectivity index (χ1) is 14.3. The fraction of sp³-hybridized carbons (Fsp3) is 0.350. The average Bonchev–Trinajstić information content (AvgIpc) is 3.12. The highest BCUT2D eigenvalue weighted by Gasteiger charge is 2.35. The first-order valence-electron chi connectivity index (χ1n) is 9.12. The number of anilines is 1. The Morgan fingerprint density at radius 2 is 2.10 bits per heavy atom. The summed E-state index contributed by atoms with van der Waals surface area (Å²) in [6.07, 6.45) is -3.15. The van der Waals surface area contributed by atoms with Crippen LogP contribution in [-0.2, 0) is 16.1 Å². The molecule has 1 aromatic heterocycles. The third kappa shape index (κ3) is 5.40. The number of benzene rings is 1. The zero-order chi connectivity index (χ0) is 21.7. The van der Waals surface area contributed by atoms with Crippen molar-refractivity contribution in [2.45, 2.75) is 19.1 Å². The lowest BCUT2D eigenvalue weighted by Crippen LogP contribution is -2.32. The van der Waals surface area contributed by atoms with E-state index >= 15 is 0 Å². The molecule has 3 rings (SSSR count). The molecule has 1 unspecified atom stereocenters. The summed E-state index contributed by atoms with van der Waals surface area (Å²) in [5.74, 6) is -0.759. The molecular weight excluding hydrogens is 403 g/mol. The second kappa shape index (κ2) is 9.02. The van der Waals surface area contributed by atoms with E-state index in [1.54, 1.807) is 24.3 Å². The van der Waals surface area contributed by atoms with Crippen molar-refractivity contribution in [1.82, 2.24) is 10.3 Å². The van der Waals surface area contributed by atoms with Crippen molar-refractivity contribution >= 4 is 17.5 Å². The lowest BCUT2D eigenvalue weighted by Gasteiger charge is -2.17. The van der Waals surface area contributed by atoms with Gasteiger partial charge in [0.1, 0.15) is 5.75 Å². The number of methoxy groups -OCH3 is 1. The normalized spacial score (nSPS) is 16.5. The van der Waals surface area contributed by atoms with Gasteiger partial charge >= 0.3 is 6.18 Å². The number of halogens is 3. The minimum absolute atomic E-state index is 0.0352. The Bertz CT molecular complexity index is 920. The third-order valence-corrected chi connectivity index (χ3v) is 4.54. The molecule has 0 saturated carbocycles. The Labute approximate surface area is 170 Å². The van der Waals surface area contributed by atoms with Crippen molar-refractivity contribution in [3.63, 3.8) is 0 Å². The summed E-state index contributed by atoms with van der Waals surface area (Å²) in [5.41, 5.74) is 0.939. The zero-order valence-corrected chi connectivity index (χ0v) is 16.1. The summed E-state index contributed by atoms with van der Waals surface area (Å²) >= 11 is 0. The molecule has 0 radical (unpaired) electrons. The van der Waals surface area contributed by atoms with Crippen LogP contribution in [0.4, 0.5) is 18.9 Å². The van der Waals surface area contributed by atoms with Crippen LogP contribution >= 0.6 is 0 Å². The van der Waals surface area contributed by atoms with E-state index in [0.717, 1.165) is 0 Å². The van der Waals surface area contributed by atoms with E-state index in [1.807, 2.05) is 0 Å². The molecule has 10 heteroatoms. The summed E-state index contributed by atoms with van der Waals surface area (Å²) in [7, 11) is 1.52. The molecule has 1 fully saturated rings. The summed E-state index contributed by atoms with van der Waals surface area (Å²) in [4.78, 5) is 30.2. The van der Waals surface area contributed by atoms with Gasteiger partial charge in [0, 0.05) is 43.0 Å². The summed E-state index contributed by atoms with van der Waals surface area (Å²) in [5, 5.41) is 2.65. The number of ether oxygens (including phenoxy) is 2. The van der Waals surface area contributed by atoms with Gasteiger partial charge < -0.3 is 19.7 Å². The SMILES string of the molecule is COc1cccc(N2CC(C(=O)NCc3cccnc3OCC(F)(F)F)CC2=O)c1. The van der Waals surface area contributed by atoms with E-state index in [-0.39, 0.29) is 37.2 Å². The van der Waals surface area contributed by atoms with E-state index in [4.69, 9.17) is 9.47 Å². The molecule has 1 aliphatic rings. The van der Waals surface area contributed by atoms with Crippen molar-refractivity contribution in [2.24, 2.45) is 5.92 Å². The number of amides is 2. The van der Waals surface area contributed by atoms with Crippen LogP contribution in [-0.4, -0.2) is 43.2 Å². The molecule has 160 valence electrons. The number of carbonyl (C=O) groups is 2. The first kappa shape index (κ1) is 21.4. The van der Waals surface area contributed by atoms with Crippen molar-refractivity contribution in [3.8, 4) is 11.6 Å². The molecule has 0 spiro atoms. The number of rotatable bonds is 7. The van der Waals surface area contributed by atoms with E-state index in [9.17, 15) is 22.8 Å². The third-order valence-electron chi connectivity index (χ3n) is 4.54. The highest BCUT2D eigenvalue weighted by atomic mass is 19.4. The molecule has 1 N–H and O–H groups in total. The van der Waals surface area contributed by atoms with E-state index < -0.39 is 18.7 Å². The van der Waals surface area contributed by atoms with E-state index in [1.165, 1.54) is 30.3 Å². The van der Waals surface area contributed by atoms with Gasteiger partial charge in [0.2, 0.25) is 17.7 Å². The number of carbonyl (C=O) groups excluding carboxylic acids is 2. The monoisotopic (exact) mass is 423 g/mol. The van der Waals surface area contributed by atoms with Gasteiger partial charge in [-0.1, -0.05) is 12.1 Å². The molecule has 2 heterocycles. The minimum atomic E-state index is -4.49. The minimum Gasteiger partial charge on any atom is -0.497 e. The van der Waals surface area contributed by atoms with Crippen molar-refractivity contribution in [2.75, 3.05) is 25.2 Å². The summed E-state index contributed by atoms with van der Waals surface area (Å²) in [6.45, 7) is -1.34. The van der Waals surface area contributed by atoms with Gasteiger partial charge in [-0.15, -0.1) is 0 Å². The molecule has 1 aliphatic heterocycles. The van der Waals surface area contributed by atoms with E-state index in [2.05, 4.69) is 10.3 Å². The number of hydrogen-bond donors (Lipinski definition) is 1. The highest BCUT2D eigenvalue weighted by molar-refractivity contribution is 6.00. The van der Waals surface area contributed by atoms with Crippen LogP contribution in [0.15, 0.2) is 42.6 Å². The number of nitrogens with one attached hydrogen (secondary N) is 1. The summed E-state index contributed by atoms with van der Waals surface area (Å²) in [6, 6.07) is 10.0. The van der Waals surface area contributed by atoms with Gasteiger partial charge in [-0.25, -0.2) is 4.98 Å². The predicted octanol–water partition coefficient (Wildman–Crippen LogP) is 2.70. The van der Waals surface area contributed by atoms with Crippen LogP contribution in [0.2, 0.25) is 0 Å². The van der Waals surface area contributed by atoms with Crippen LogP contribution in [0.1, 0.15) is 12.0 Å². The van der Waals surface area contributed by atoms with Crippen LogP contribution in [0.25, 0.3) is 0 Å². The molecule has 1 aromatic carbocycles. The van der Waals surface area contributed by atoms with Gasteiger partial charge in [0.25, 0.3) is 0 Å². The fourth-order valence-electron chi connectivity index (χ4n) is 3.08. The zero-order valence-electron chi connectivity index (χ0n) is 16.1. The Morgan fingerprint density at radius 1 is 1.30 bits per heavy atom. The van der Waals surface area contributed by atoms with Gasteiger partial charge in [-0.2, -0.15) is 13.2 Å². The maximum Gasteiger partial charge on any atom is 0.422 e.